The van der Waals surface area contributed by atoms with Crippen LogP contribution in [0.15, 0.2) is 0 Å². The highest BCUT2D eigenvalue weighted by atomic mass is 19.4. The average molecular weight is 376 g/mol. The first-order chi connectivity index (χ1) is 12.3. The predicted molar refractivity (Wildman–Crippen MR) is 94.0 cm³/mol. The molecule has 0 aliphatic carbocycles. The number of rotatable bonds is 4. The molecule has 0 aromatic heterocycles. The van der Waals surface area contributed by atoms with Gasteiger partial charge in [-0.3, -0.25) is 4.90 Å². The number of hydrogen-bond acceptors (Lipinski definition) is 3. The van der Waals surface area contributed by atoms with E-state index in [0.29, 0.717) is 44.6 Å². The smallest absolute Gasteiger partial charge is 0.338 e. The van der Waals surface area contributed by atoms with Crippen LogP contribution in [-0.4, -0.2) is 85.3 Å². The van der Waals surface area contributed by atoms with Crippen LogP contribution in [0.2, 0.25) is 0 Å². The molecule has 2 amide bonds. The standard InChI is InChI=1S/C18H31F3N4O/c1-23-8-2-4-15(23)16-5-3-9-25(16)17(26)22-12-14-6-10-24(11-7-14)13-18(19,20)21/h14-16H,2-13H2,1H3,(H,22,26). The zero-order valence-electron chi connectivity index (χ0n) is 15.6. The van der Waals surface area contributed by atoms with Gasteiger partial charge in [-0.1, -0.05) is 0 Å². The molecule has 1 N–H and O–H groups in total. The fourth-order valence-corrected chi connectivity index (χ4v) is 4.80. The van der Waals surface area contributed by atoms with Gasteiger partial charge in [-0.25, -0.2) is 4.79 Å². The van der Waals surface area contributed by atoms with E-state index in [4.69, 9.17) is 0 Å². The molecule has 0 bridgehead atoms. The van der Waals surface area contributed by atoms with Gasteiger partial charge in [0.25, 0.3) is 0 Å². The molecule has 3 aliphatic rings. The summed E-state index contributed by atoms with van der Waals surface area (Å²) >= 11 is 0. The number of alkyl halides is 3. The molecule has 0 aromatic rings. The van der Waals surface area contributed by atoms with Gasteiger partial charge in [0.15, 0.2) is 0 Å². The Hall–Kier alpha value is -1.02. The Morgan fingerprint density at radius 1 is 1.00 bits per heavy atom. The first-order valence-corrected chi connectivity index (χ1v) is 9.87. The SMILES string of the molecule is CN1CCCC1C1CCCN1C(=O)NCC1CCN(CC(F)(F)F)CC1. The molecular formula is C18H31F3N4O. The van der Waals surface area contributed by atoms with Gasteiger partial charge in [0.05, 0.1) is 6.54 Å². The zero-order chi connectivity index (χ0) is 18.7. The van der Waals surface area contributed by atoms with Crippen molar-refractivity contribution in [3.05, 3.63) is 0 Å². The molecule has 3 rings (SSSR count). The third-order valence-corrected chi connectivity index (χ3v) is 6.23. The number of nitrogens with zero attached hydrogens (tertiary/aromatic N) is 3. The van der Waals surface area contributed by atoms with Gasteiger partial charge >= 0.3 is 12.2 Å². The van der Waals surface area contributed by atoms with E-state index in [2.05, 4.69) is 17.3 Å². The van der Waals surface area contributed by atoms with Crippen LogP contribution in [0.25, 0.3) is 0 Å². The maximum absolute atomic E-state index is 12.7. The summed E-state index contributed by atoms with van der Waals surface area (Å²) in [6.07, 6.45) is 1.78. The van der Waals surface area contributed by atoms with Crippen LogP contribution in [0.3, 0.4) is 0 Å². The fraction of sp³-hybridized carbons (Fsp3) is 0.944. The molecule has 0 aromatic carbocycles. The van der Waals surface area contributed by atoms with Crippen LogP contribution < -0.4 is 5.32 Å². The van der Waals surface area contributed by atoms with Gasteiger partial charge in [0.1, 0.15) is 0 Å². The fourth-order valence-electron chi connectivity index (χ4n) is 4.80. The number of urea groups is 1. The van der Waals surface area contributed by atoms with Crippen molar-refractivity contribution in [3.63, 3.8) is 0 Å². The molecule has 3 fully saturated rings. The van der Waals surface area contributed by atoms with Crippen molar-refractivity contribution in [1.82, 2.24) is 20.0 Å². The summed E-state index contributed by atoms with van der Waals surface area (Å²) in [5, 5.41) is 3.05. The van der Waals surface area contributed by atoms with Gasteiger partial charge in [-0.15, -0.1) is 0 Å². The second-order valence-electron chi connectivity index (χ2n) is 8.11. The van der Waals surface area contributed by atoms with E-state index < -0.39 is 12.7 Å². The normalized spacial score (nSPS) is 29.5. The maximum Gasteiger partial charge on any atom is 0.401 e. The van der Waals surface area contributed by atoms with Gasteiger partial charge in [0.2, 0.25) is 0 Å². The Morgan fingerprint density at radius 2 is 1.65 bits per heavy atom. The number of piperidine rings is 1. The summed E-state index contributed by atoms with van der Waals surface area (Å²) in [6, 6.07) is 0.774. The predicted octanol–water partition coefficient (Wildman–Crippen LogP) is 2.53. The highest BCUT2D eigenvalue weighted by molar-refractivity contribution is 5.75. The lowest BCUT2D eigenvalue weighted by molar-refractivity contribution is -0.148. The van der Waals surface area contributed by atoms with Crippen LogP contribution in [0, 0.1) is 5.92 Å². The maximum atomic E-state index is 12.7. The molecule has 26 heavy (non-hydrogen) atoms. The van der Waals surface area contributed by atoms with Crippen LogP contribution in [0.1, 0.15) is 38.5 Å². The van der Waals surface area contributed by atoms with Crippen LogP contribution in [0.5, 0.6) is 0 Å². The molecule has 0 saturated carbocycles. The summed E-state index contributed by atoms with van der Waals surface area (Å²) in [5.74, 6) is 0.277. The summed E-state index contributed by atoms with van der Waals surface area (Å²) in [7, 11) is 2.14. The molecule has 2 atom stereocenters. The minimum Gasteiger partial charge on any atom is -0.338 e. The van der Waals surface area contributed by atoms with Crippen molar-refractivity contribution in [1.29, 1.82) is 0 Å². The van der Waals surface area contributed by atoms with Gasteiger partial charge in [-0.2, -0.15) is 13.2 Å². The summed E-state index contributed by atoms with van der Waals surface area (Å²) in [5.41, 5.74) is 0. The monoisotopic (exact) mass is 376 g/mol. The third-order valence-electron chi connectivity index (χ3n) is 6.23. The first-order valence-electron chi connectivity index (χ1n) is 9.87. The average Bonchev–Trinajstić information content (AvgIpc) is 3.20. The molecule has 150 valence electrons. The number of hydrogen-bond donors (Lipinski definition) is 1. The van der Waals surface area contributed by atoms with Crippen molar-refractivity contribution < 1.29 is 18.0 Å². The van der Waals surface area contributed by atoms with Gasteiger partial charge < -0.3 is 15.1 Å². The first kappa shape index (κ1) is 19.7. The van der Waals surface area contributed by atoms with Gasteiger partial charge in [-0.05, 0) is 71.1 Å². The molecule has 0 radical (unpaired) electrons. The lowest BCUT2D eigenvalue weighted by Gasteiger charge is -2.35. The second-order valence-corrected chi connectivity index (χ2v) is 8.11. The van der Waals surface area contributed by atoms with Crippen molar-refractivity contribution in [2.45, 2.75) is 56.8 Å². The van der Waals surface area contributed by atoms with Crippen molar-refractivity contribution in [2.75, 3.05) is 46.3 Å². The van der Waals surface area contributed by atoms with E-state index >= 15 is 0 Å². The Bertz CT molecular complexity index is 480. The van der Waals surface area contributed by atoms with Crippen molar-refractivity contribution in [3.8, 4) is 0 Å². The van der Waals surface area contributed by atoms with E-state index in [-0.39, 0.29) is 11.9 Å². The van der Waals surface area contributed by atoms with Crippen LogP contribution in [0.4, 0.5) is 18.0 Å². The van der Waals surface area contributed by atoms with E-state index in [1.807, 2.05) is 4.90 Å². The number of carbonyl (C=O) groups excluding carboxylic acids is 1. The molecule has 5 nitrogen and oxygen atoms in total. The number of likely N-dealkylation sites (N-methyl/N-ethyl adjacent to an activating group) is 1. The minimum atomic E-state index is -4.13. The second kappa shape index (κ2) is 8.33. The van der Waals surface area contributed by atoms with E-state index in [1.54, 1.807) is 0 Å². The molecule has 2 unspecified atom stereocenters. The number of likely N-dealkylation sites (tertiary alicyclic amines) is 3. The quantitative estimate of drug-likeness (QED) is 0.820. The number of halogens is 3. The molecule has 3 saturated heterocycles. The van der Waals surface area contributed by atoms with Crippen LogP contribution in [-0.2, 0) is 0 Å². The van der Waals surface area contributed by atoms with Crippen molar-refractivity contribution in [2.24, 2.45) is 5.92 Å². The lowest BCUT2D eigenvalue weighted by atomic mass is 9.97. The van der Waals surface area contributed by atoms with E-state index in [9.17, 15) is 18.0 Å². The lowest BCUT2D eigenvalue weighted by Crippen LogP contribution is -2.51. The summed E-state index contributed by atoms with van der Waals surface area (Å²) < 4.78 is 37.3. The Morgan fingerprint density at radius 3 is 2.27 bits per heavy atom. The number of amides is 2. The largest absolute Gasteiger partial charge is 0.401 e. The minimum absolute atomic E-state index is 0.00511. The van der Waals surface area contributed by atoms with E-state index in [0.717, 1.165) is 32.4 Å². The number of carbonyl (C=O) groups is 1. The molecule has 3 aliphatic heterocycles. The topological polar surface area (TPSA) is 38.8 Å². The highest BCUT2D eigenvalue weighted by Gasteiger charge is 2.38. The molecule has 3 heterocycles. The summed E-state index contributed by atoms with van der Waals surface area (Å²) in [6.45, 7) is 2.58. The number of nitrogens with one attached hydrogen (secondary N) is 1. The Labute approximate surface area is 153 Å². The van der Waals surface area contributed by atoms with Gasteiger partial charge in [0, 0.05) is 25.2 Å². The van der Waals surface area contributed by atoms with Crippen molar-refractivity contribution >= 4 is 6.03 Å². The Kier molecular flexibility index (Phi) is 6.33. The highest BCUT2D eigenvalue weighted by Crippen LogP contribution is 2.29. The van der Waals surface area contributed by atoms with Crippen LogP contribution >= 0.6 is 0 Å². The third kappa shape index (κ3) is 5.03. The zero-order valence-corrected chi connectivity index (χ0v) is 15.6. The molecular weight excluding hydrogens is 345 g/mol. The Balaban J connectivity index is 1.41. The van der Waals surface area contributed by atoms with E-state index in [1.165, 1.54) is 11.3 Å². The summed E-state index contributed by atoms with van der Waals surface area (Å²) in [4.78, 5) is 18.5. The molecule has 0 spiro atoms. The molecule has 8 heteroatoms.